The number of halogens is 2. The maximum absolute atomic E-state index is 13.7. The number of rotatable bonds is 4. The van der Waals surface area contributed by atoms with Crippen molar-refractivity contribution >= 4 is 34.5 Å². The van der Waals surface area contributed by atoms with Crippen LogP contribution in [0.2, 0.25) is 5.02 Å². The molecule has 1 saturated heterocycles. The molecule has 2 atom stereocenters. The highest BCUT2D eigenvalue weighted by Gasteiger charge is 2.56. The minimum atomic E-state index is -0.398. The zero-order chi connectivity index (χ0) is 24.3. The summed E-state index contributed by atoms with van der Waals surface area (Å²) in [4.78, 5) is 36.4. The predicted octanol–water partition coefficient (Wildman–Crippen LogP) is 4.13. The van der Waals surface area contributed by atoms with Crippen LogP contribution in [0, 0.1) is 17.7 Å². The van der Waals surface area contributed by atoms with Crippen molar-refractivity contribution in [3.05, 3.63) is 82.0 Å². The zero-order valence-electron chi connectivity index (χ0n) is 18.8. The second kappa shape index (κ2) is 8.16. The molecule has 4 aromatic rings. The molecular weight excluding hydrogens is 469 g/mol. The molecule has 176 valence electrons. The average molecular weight is 490 g/mol. The number of amides is 1. The van der Waals surface area contributed by atoms with E-state index in [0.717, 1.165) is 13.1 Å². The van der Waals surface area contributed by atoms with Gasteiger partial charge in [-0.15, -0.1) is 0 Å². The molecule has 1 saturated carbocycles. The van der Waals surface area contributed by atoms with Crippen molar-refractivity contribution in [2.45, 2.75) is 13.0 Å². The van der Waals surface area contributed by atoms with Gasteiger partial charge in [0.1, 0.15) is 5.82 Å². The van der Waals surface area contributed by atoms with E-state index in [9.17, 15) is 14.0 Å². The summed E-state index contributed by atoms with van der Waals surface area (Å²) < 4.78 is 15.1. The first kappa shape index (κ1) is 21.7. The molecule has 2 aromatic heterocycles. The third kappa shape index (κ3) is 3.74. The Bertz CT molecular complexity index is 1530. The van der Waals surface area contributed by atoms with Gasteiger partial charge in [0.25, 0.3) is 5.56 Å². The lowest BCUT2D eigenvalue weighted by Crippen LogP contribution is -2.32. The lowest BCUT2D eigenvalue weighted by molar-refractivity contribution is -0.128. The molecule has 7 nitrogen and oxygen atoms in total. The van der Waals surface area contributed by atoms with Crippen LogP contribution >= 0.6 is 11.6 Å². The second-order valence-corrected chi connectivity index (χ2v) is 9.46. The number of pyridine rings is 1. The molecule has 2 aliphatic rings. The van der Waals surface area contributed by atoms with E-state index in [-0.39, 0.29) is 17.5 Å². The number of nitrogens with one attached hydrogen (secondary N) is 1. The van der Waals surface area contributed by atoms with Crippen LogP contribution in [0.25, 0.3) is 27.8 Å². The number of piperidine rings is 1. The van der Waals surface area contributed by atoms with E-state index in [1.807, 2.05) is 11.0 Å². The van der Waals surface area contributed by atoms with Crippen molar-refractivity contribution in [1.29, 1.82) is 0 Å². The molecule has 2 unspecified atom stereocenters. The standard InChI is InChI=1S/C26H21ClFN5O2/c1-14(34)32-12-20-21(13-32)23(20)30-26-29-11-15-10-19(18-4-2-3-5-22(18)27)25(35)33(24(15)31-26)17-8-6-16(28)7-9-17/h2-11,20-21,23H,12-13H2,1H3,(H,29,30,31). The summed E-state index contributed by atoms with van der Waals surface area (Å²) in [6.07, 6.45) is 1.67. The normalized spacial score (nSPS) is 20.7. The number of likely N-dealkylation sites (tertiary alicyclic amines) is 1. The maximum atomic E-state index is 13.7. The summed E-state index contributed by atoms with van der Waals surface area (Å²) in [6.45, 7) is 3.05. The minimum absolute atomic E-state index is 0.0931. The summed E-state index contributed by atoms with van der Waals surface area (Å²) in [6, 6.07) is 14.8. The number of aromatic nitrogens is 3. The Hall–Kier alpha value is -3.78. The number of anilines is 1. The van der Waals surface area contributed by atoms with Gasteiger partial charge in [-0.3, -0.25) is 14.2 Å². The first-order chi connectivity index (χ1) is 16.9. The van der Waals surface area contributed by atoms with E-state index < -0.39 is 5.82 Å². The van der Waals surface area contributed by atoms with E-state index >= 15 is 0 Å². The third-order valence-corrected chi connectivity index (χ3v) is 7.25. The van der Waals surface area contributed by atoms with Crippen LogP contribution in [0.4, 0.5) is 10.3 Å². The van der Waals surface area contributed by atoms with Gasteiger partial charge in [-0.05, 0) is 36.4 Å². The average Bonchev–Trinajstić information content (AvgIpc) is 3.26. The largest absolute Gasteiger partial charge is 0.351 e. The zero-order valence-corrected chi connectivity index (χ0v) is 19.5. The SMILES string of the molecule is CC(=O)N1CC2C(C1)C2Nc1ncc2cc(-c3ccccc3Cl)c(=O)n(-c3ccc(F)cc3)c2n1. The molecule has 1 aliphatic carbocycles. The van der Waals surface area contributed by atoms with Crippen molar-refractivity contribution < 1.29 is 9.18 Å². The number of hydrogen-bond acceptors (Lipinski definition) is 5. The molecule has 3 heterocycles. The number of hydrogen-bond donors (Lipinski definition) is 1. The van der Waals surface area contributed by atoms with Gasteiger partial charge in [-0.2, -0.15) is 4.98 Å². The molecule has 35 heavy (non-hydrogen) atoms. The van der Waals surface area contributed by atoms with Gasteiger partial charge in [-0.1, -0.05) is 29.8 Å². The van der Waals surface area contributed by atoms with E-state index in [4.69, 9.17) is 11.6 Å². The van der Waals surface area contributed by atoms with Crippen LogP contribution < -0.4 is 10.9 Å². The van der Waals surface area contributed by atoms with Gasteiger partial charge < -0.3 is 10.2 Å². The molecule has 0 bridgehead atoms. The van der Waals surface area contributed by atoms with Crippen LogP contribution in [0.5, 0.6) is 0 Å². The van der Waals surface area contributed by atoms with E-state index in [2.05, 4.69) is 15.3 Å². The highest BCUT2D eigenvalue weighted by molar-refractivity contribution is 6.33. The number of benzene rings is 2. The second-order valence-electron chi connectivity index (χ2n) is 9.05. The fraction of sp³-hybridized carbons (Fsp3) is 0.231. The van der Waals surface area contributed by atoms with Gasteiger partial charge in [0.05, 0.1) is 5.69 Å². The van der Waals surface area contributed by atoms with E-state index in [0.29, 0.717) is 50.7 Å². The molecule has 6 rings (SSSR count). The number of nitrogens with zero attached hydrogens (tertiary/aromatic N) is 4. The van der Waals surface area contributed by atoms with Crippen molar-refractivity contribution in [1.82, 2.24) is 19.4 Å². The summed E-state index contributed by atoms with van der Waals surface area (Å²) in [5.41, 5.74) is 1.58. The van der Waals surface area contributed by atoms with E-state index in [1.165, 1.54) is 16.7 Å². The Kier molecular flexibility index (Phi) is 5.07. The molecule has 0 radical (unpaired) electrons. The fourth-order valence-corrected chi connectivity index (χ4v) is 5.25. The van der Waals surface area contributed by atoms with Crippen LogP contribution in [0.1, 0.15) is 6.92 Å². The minimum Gasteiger partial charge on any atom is -0.351 e. The van der Waals surface area contributed by atoms with Crippen molar-refractivity contribution in [3.8, 4) is 16.8 Å². The van der Waals surface area contributed by atoms with Crippen molar-refractivity contribution in [2.75, 3.05) is 18.4 Å². The van der Waals surface area contributed by atoms with Crippen molar-refractivity contribution in [3.63, 3.8) is 0 Å². The predicted molar refractivity (Wildman–Crippen MR) is 132 cm³/mol. The van der Waals surface area contributed by atoms with Crippen LogP contribution in [0.15, 0.2) is 65.6 Å². The summed E-state index contributed by atoms with van der Waals surface area (Å²) in [5.74, 6) is 0.855. The molecule has 2 aromatic carbocycles. The maximum Gasteiger partial charge on any atom is 0.264 e. The molecular formula is C26H21ClFN5O2. The summed E-state index contributed by atoms with van der Waals surface area (Å²) >= 11 is 6.40. The smallest absolute Gasteiger partial charge is 0.264 e. The number of carbonyl (C=O) groups excluding carboxylic acids is 1. The first-order valence-corrected chi connectivity index (χ1v) is 11.7. The highest BCUT2D eigenvalue weighted by Crippen LogP contribution is 2.47. The Morgan fingerprint density at radius 1 is 1.09 bits per heavy atom. The monoisotopic (exact) mass is 489 g/mol. The fourth-order valence-electron chi connectivity index (χ4n) is 5.02. The van der Waals surface area contributed by atoms with Crippen LogP contribution in [-0.4, -0.2) is 44.5 Å². The summed E-state index contributed by atoms with van der Waals surface area (Å²) in [7, 11) is 0. The van der Waals surface area contributed by atoms with Gasteiger partial charge in [0.15, 0.2) is 5.65 Å². The van der Waals surface area contributed by atoms with E-state index in [1.54, 1.807) is 49.5 Å². The van der Waals surface area contributed by atoms with Crippen LogP contribution in [-0.2, 0) is 4.79 Å². The molecule has 1 aliphatic heterocycles. The topological polar surface area (TPSA) is 80.1 Å². The van der Waals surface area contributed by atoms with Gasteiger partial charge >= 0.3 is 0 Å². The Labute approximate surface area is 205 Å². The third-order valence-electron chi connectivity index (χ3n) is 6.93. The Balaban J connectivity index is 1.44. The molecule has 1 amide bonds. The molecule has 2 fully saturated rings. The number of carbonyl (C=O) groups is 1. The van der Waals surface area contributed by atoms with Gasteiger partial charge in [-0.25, -0.2) is 9.37 Å². The highest BCUT2D eigenvalue weighted by atomic mass is 35.5. The lowest BCUT2D eigenvalue weighted by Gasteiger charge is -2.18. The molecule has 1 N–H and O–H groups in total. The first-order valence-electron chi connectivity index (χ1n) is 11.4. The van der Waals surface area contributed by atoms with Gasteiger partial charge in [0, 0.05) is 65.6 Å². The van der Waals surface area contributed by atoms with Crippen molar-refractivity contribution in [2.24, 2.45) is 11.8 Å². The Morgan fingerprint density at radius 2 is 1.80 bits per heavy atom. The lowest BCUT2D eigenvalue weighted by atomic mass is 10.1. The number of fused-ring (bicyclic) bond motifs is 2. The van der Waals surface area contributed by atoms with Gasteiger partial charge in [0.2, 0.25) is 11.9 Å². The quantitative estimate of drug-likeness (QED) is 0.466. The molecule has 0 spiro atoms. The summed E-state index contributed by atoms with van der Waals surface area (Å²) in [5, 5.41) is 4.47. The molecule has 9 heteroatoms. The Morgan fingerprint density at radius 3 is 2.49 bits per heavy atom. The van der Waals surface area contributed by atoms with Crippen LogP contribution in [0.3, 0.4) is 0 Å².